The van der Waals surface area contributed by atoms with Crippen molar-refractivity contribution >= 4 is 5.91 Å². The number of hydrogen-bond donors (Lipinski definition) is 1. The van der Waals surface area contributed by atoms with E-state index in [1.165, 1.54) is 5.57 Å². The number of rotatable bonds is 5. The summed E-state index contributed by atoms with van der Waals surface area (Å²) in [4.78, 5) is 11.1. The normalized spacial score (nSPS) is 26.2. The second-order valence-corrected chi connectivity index (χ2v) is 5.17. The predicted octanol–water partition coefficient (Wildman–Crippen LogP) is 2.66. The Morgan fingerprint density at radius 2 is 2.35 bits per heavy atom. The quantitative estimate of drug-likeness (QED) is 0.749. The van der Waals surface area contributed by atoms with Gasteiger partial charge in [0.05, 0.1) is 18.8 Å². The van der Waals surface area contributed by atoms with Gasteiger partial charge >= 0.3 is 0 Å². The first-order chi connectivity index (χ1) is 8.02. The Balaban J connectivity index is 2.55. The molecule has 0 bridgehead atoms. The number of allylic oxidation sites excluding steroid dienone is 1. The molecule has 1 N–H and O–H groups in total. The van der Waals surface area contributed by atoms with E-state index in [1.54, 1.807) is 6.92 Å². The van der Waals surface area contributed by atoms with Gasteiger partial charge in [0.1, 0.15) is 0 Å². The van der Waals surface area contributed by atoms with E-state index in [2.05, 4.69) is 32.2 Å². The number of nitrogens with one attached hydrogen (secondary N) is 1. The van der Waals surface area contributed by atoms with E-state index in [9.17, 15) is 4.79 Å². The summed E-state index contributed by atoms with van der Waals surface area (Å²) in [5, 5.41) is 2.99. The van der Waals surface area contributed by atoms with Crippen molar-refractivity contribution in [1.82, 2.24) is 5.32 Å². The van der Waals surface area contributed by atoms with E-state index in [4.69, 9.17) is 4.74 Å². The van der Waals surface area contributed by atoms with E-state index in [0.29, 0.717) is 5.92 Å². The van der Waals surface area contributed by atoms with Crippen molar-refractivity contribution in [1.29, 1.82) is 0 Å². The monoisotopic (exact) mass is 239 g/mol. The van der Waals surface area contributed by atoms with Crippen molar-refractivity contribution in [3.8, 4) is 0 Å². The van der Waals surface area contributed by atoms with Crippen molar-refractivity contribution in [2.24, 2.45) is 5.92 Å². The first-order valence-electron chi connectivity index (χ1n) is 6.59. The number of carbonyl (C=O) groups is 1. The molecule has 3 atom stereocenters. The number of amides is 1. The molecule has 1 aliphatic rings. The molecule has 0 aliphatic heterocycles. The molecule has 1 amide bonds. The molecule has 0 spiro atoms. The Bertz CT molecular complexity index is 286. The maximum absolute atomic E-state index is 11.1. The van der Waals surface area contributed by atoms with Crippen LogP contribution < -0.4 is 5.32 Å². The van der Waals surface area contributed by atoms with E-state index >= 15 is 0 Å². The molecule has 3 nitrogen and oxygen atoms in total. The lowest BCUT2D eigenvalue weighted by Crippen LogP contribution is -2.44. The molecule has 3 heteroatoms. The minimum absolute atomic E-state index is 0.0279. The second kappa shape index (κ2) is 6.80. The summed E-state index contributed by atoms with van der Waals surface area (Å²) in [5.74, 6) is 0.601. The molecular formula is C14H25NO2. The average molecular weight is 239 g/mol. The standard InChI is InChI=1S/C14H25NO2/c1-5-10(2)9-17-14-8-11(3)6-7-13(14)15-12(4)16/h8,10,13-14H,5-7,9H2,1-4H3,(H,15,16)/t10?,13-,14-/m1/s1. The minimum atomic E-state index is 0.0279. The topological polar surface area (TPSA) is 38.3 Å². The van der Waals surface area contributed by atoms with Crippen LogP contribution in [0.5, 0.6) is 0 Å². The first kappa shape index (κ1) is 14.2. The van der Waals surface area contributed by atoms with Gasteiger partial charge in [-0.3, -0.25) is 4.79 Å². The van der Waals surface area contributed by atoms with Crippen LogP contribution in [0.25, 0.3) is 0 Å². The molecular weight excluding hydrogens is 214 g/mol. The lowest BCUT2D eigenvalue weighted by molar-refractivity contribution is -0.120. The Morgan fingerprint density at radius 1 is 1.65 bits per heavy atom. The van der Waals surface area contributed by atoms with Gasteiger partial charge in [-0.2, -0.15) is 0 Å². The lowest BCUT2D eigenvalue weighted by Gasteiger charge is -2.30. The van der Waals surface area contributed by atoms with Gasteiger partial charge in [0.2, 0.25) is 5.91 Å². The van der Waals surface area contributed by atoms with Crippen molar-refractivity contribution in [2.75, 3.05) is 6.61 Å². The third-order valence-electron chi connectivity index (χ3n) is 3.35. The Labute approximate surface area is 105 Å². The van der Waals surface area contributed by atoms with Crippen LogP contribution in [0.4, 0.5) is 0 Å². The molecule has 0 aromatic rings. The van der Waals surface area contributed by atoms with Crippen LogP contribution in [0, 0.1) is 5.92 Å². The third-order valence-corrected chi connectivity index (χ3v) is 3.35. The first-order valence-corrected chi connectivity index (χ1v) is 6.59. The van der Waals surface area contributed by atoms with Crippen LogP contribution in [0.15, 0.2) is 11.6 Å². The maximum atomic E-state index is 11.1. The van der Waals surface area contributed by atoms with Crippen LogP contribution in [0.2, 0.25) is 0 Å². The lowest BCUT2D eigenvalue weighted by atomic mass is 9.93. The van der Waals surface area contributed by atoms with Crippen LogP contribution in [-0.2, 0) is 9.53 Å². The number of ether oxygens (including phenoxy) is 1. The summed E-state index contributed by atoms with van der Waals surface area (Å²) in [6.45, 7) is 8.82. The molecule has 0 radical (unpaired) electrons. The van der Waals surface area contributed by atoms with Gasteiger partial charge < -0.3 is 10.1 Å². The van der Waals surface area contributed by atoms with E-state index in [0.717, 1.165) is 25.9 Å². The summed E-state index contributed by atoms with van der Waals surface area (Å²) in [5.41, 5.74) is 1.36. The molecule has 0 fully saturated rings. The zero-order valence-corrected chi connectivity index (χ0v) is 11.5. The Kier molecular flexibility index (Phi) is 5.69. The fourth-order valence-corrected chi connectivity index (χ4v) is 2.00. The summed E-state index contributed by atoms with van der Waals surface area (Å²) in [7, 11) is 0. The summed E-state index contributed by atoms with van der Waals surface area (Å²) < 4.78 is 5.93. The zero-order chi connectivity index (χ0) is 12.8. The SMILES string of the molecule is CCC(C)CO[C@@H]1C=C(C)CC[C@H]1NC(C)=O. The smallest absolute Gasteiger partial charge is 0.217 e. The molecule has 0 saturated carbocycles. The summed E-state index contributed by atoms with van der Waals surface area (Å²) >= 11 is 0. The molecule has 0 aromatic heterocycles. The van der Waals surface area contributed by atoms with Gasteiger partial charge in [0, 0.05) is 6.92 Å². The molecule has 17 heavy (non-hydrogen) atoms. The number of carbonyl (C=O) groups excluding carboxylic acids is 1. The van der Waals surface area contributed by atoms with Gasteiger partial charge in [0.15, 0.2) is 0 Å². The molecule has 98 valence electrons. The molecule has 0 saturated heterocycles. The fourth-order valence-electron chi connectivity index (χ4n) is 2.00. The minimum Gasteiger partial charge on any atom is -0.372 e. The Hall–Kier alpha value is -0.830. The molecule has 1 unspecified atom stereocenters. The van der Waals surface area contributed by atoms with Crippen LogP contribution in [0.1, 0.15) is 47.0 Å². The maximum Gasteiger partial charge on any atom is 0.217 e. The highest BCUT2D eigenvalue weighted by Gasteiger charge is 2.25. The van der Waals surface area contributed by atoms with E-state index < -0.39 is 0 Å². The van der Waals surface area contributed by atoms with Crippen molar-refractivity contribution in [2.45, 2.75) is 59.1 Å². The highest BCUT2D eigenvalue weighted by Crippen LogP contribution is 2.21. The van der Waals surface area contributed by atoms with Crippen molar-refractivity contribution < 1.29 is 9.53 Å². The fraction of sp³-hybridized carbons (Fsp3) is 0.786. The van der Waals surface area contributed by atoms with E-state index in [1.807, 2.05) is 0 Å². The van der Waals surface area contributed by atoms with Crippen molar-refractivity contribution in [3.63, 3.8) is 0 Å². The van der Waals surface area contributed by atoms with Gasteiger partial charge in [-0.1, -0.05) is 31.9 Å². The average Bonchev–Trinajstić information content (AvgIpc) is 2.28. The highest BCUT2D eigenvalue weighted by atomic mass is 16.5. The molecule has 1 aliphatic carbocycles. The summed E-state index contributed by atoms with van der Waals surface area (Å²) in [6, 6.07) is 0.139. The predicted molar refractivity (Wildman–Crippen MR) is 69.8 cm³/mol. The van der Waals surface area contributed by atoms with Crippen LogP contribution in [-0.4, -0.2) is 24.7 Å². The second-order valence-electron chi connectivity index (χ2n) is 5.17. The van der Waals surface area contributed by atoms with Crippen molar-refractivity contribution in [3.05, 3.63) is 11.6 Å². The molecule has 1 rings (SSSR count). The molecule has 0 aromatic carbocycles. The zero-order valence-electron chi connectivity index (χ0n) is 11.5. The highest BCUT2D eigenvalue weighted by molar-refractivity contribution is 5.73. The largest absolute Gasteiger partial charge is 0.372 e. The summed E-state index contributed by atoms with van der Waals surface area (Å²) in [6.07, 6.45) is 5.36. The number of hydrogen-bond acceptors (Lipinski definition) is 2. The van der Waals surface area contributed by atoms with Gasteiger partial charge in [-0.05, 0) is 25.7 Å². The van der Waals surface area contributed by atoms with E-state index in [-0.39, 0.29) is 18.1 Å². The van der Waals surface area contributed by atoms with Gasteiger partial charge in [0.25, 0.3) is 0 Å². The van der Waals surface area contributed by atoms with Gasteiger partial charge in [-0.15, -0.1) is 0 Å². The van der Waals surface area contributed by atoms with Crippen LogP contribution >= 0.6 is 0 Å². The third kappa shape index (κ3) is 4.90. The van der Waals surface area contributed by atoms with Gasteiger partial charge in [-0.25, -0.2) is 0 Å². The van der Waals surface area contributed by atoms with Crippen LogP contribution in [0.3, 0.4) is 0 Å². The Morgan fingerprint density at radius 3 is 2.94 bits per heavy atom. The molecule has 0 heterocycles.